The molecule has 40 heavy (non-hydrogen) atoms. The molecule has 5 nitrogen and oxygen atoms in total. The van der Waals surface area contributed by atoms with Gasteiger partial charge in [0.1, 0.15) is 23.0 Å². The predicted octanol–water partition coefficient (Wildman–Crippen LogP) is 9.22. The Labute approximate surface area is 245 Å². The minimum atomic E-state index is -1.68. The Balaban J connectivity index is 2.67. The third-order valence-electron chi connectivity index (χ3n) is 7.72. The van der Waals surface area contributed by atoms with Crippen LogP contribution < -0.4 is 18.9 Å². The average molecular weight is 574 g/mol. The van der Waals surface area contributed by atoms with Crippen molar-refractivity contribution in [2.45, 2.75) is 92.4 Å². The second-order valence-electron chi connectivity index (χ2n) is 13.7. The highest BCUT2D eigenvalue weighted by Gasteiger charge is 2.47. The van der Waals surface area contributed by atoms with Crippen molar-refractivity contribution in [1.29, 1.82) is 0 Å². The third-order valence-corrected chi connectivity index (χ3v) is 10.4. The van der Waals surface area contributed by atoms with Crippen molar-refractivity contribution in [1.82, 2.24) is 0 Å². The van der Waals surface area contributed by atoms with Gasteiger partial charge in [-0.15, -0.1) is 0 Å². The first-order valence-corrected chi connectivity index (χ1v) is 15.9. The lowest BCUT2D eigenvalue weighted by Crippen LogP contribution is -2.30. The van der Waals surface area contributed by atoms with Gasteiger partial charge in [0, 0.05) is 35.8 Å². The van der Waals surface area contributed by atoms with Gasteiger partial charge in [0.25, 0.3) is 0 Å². The molecule has 0 spiro atoms. The summed E-state index contributed by atoms with van der Waals surface area (Å²) in [5, 5.41) is 0. The number of hydrogen-bond donors (Lipinski definition) is 0. The zero-order valence-corrected chi connectivity index (χ0v) is 28.0. The molecule has 0 bridgehead atoms. The van der Waals surface area contributed by atoms with Crippen molar-refractivity contribution in [3.05, 3.63) is 47.5 Å². The van der Waals surface area contributed by atoms with Crippen molar-refractivity contribution in [3.63, 3.8) is 0 Å². The quantitative estimate of drug-likeness (QED) is 0.211. The van der Waals surface area contributed by atoms with Gasteiger partial charge in [-0.05, 0) is 47.9 Å². The minimum Gasteiger partial charge on any atom is -0.496 e. The van der Waals surface area contributed by atoms with Gasteiger partial charge in [0.2, 0.25) is 0 Å². The fraction of sp³-hybridized carbons (Fsp3) is 0.647. The topological polar surface area (TPSA) is 54.0 Å². The van der Waals surface area contributed by atoms with Crippen molar-refractivity contribution in [2.75, 3.05) is 28.4 Å². The molecule has 0 aliphatic heterocycles. The summed E-state index contributed by atoms with van der Waals surface area (Å²) in [6.45, 7) is 18.1. The maximum absolute atomic E-state index is 15.1. The summed E-state index contributed by atoms with van der Waals surface area (Å²) in [6, 6.07) is 11.8. The summed E-state index contributed by atoms with van der Waals surface area (Å²) in [5.41, 5.74) is 2.06. The Morgan fingerprint density at radius 3 is 1.10 bits per heavy atom. The van der Waals surface area contributed by atoms with E-state index in [1.54, 1.807) is 28.4 Å². The Kier molecular flexibility index (Phi) is 12.4. The van der Waals surface area contributed by atoms with E-state index in [-0.39, 0.29) is 34.0 Å². The van der Waals surface area contributed by atoms with Crippen LogP contribution in [0.4, 0.5) is 0 Å². The van der Waals surface area contributed by atoms with E-state index in [9.17, 15) is 0 Å². The fourth-order valence-electron chi connectivity index (χ4n) is 6.21. The van der Waals surface area contributed by atoms with Crippen LogP contribution >= 0.6 is 7.80 Å². The lowest BCUT2D eigenvalue weighted by molar-refractivity contribution is 0.285. The maximum atomic E-state index is 15.1. The van der Waals surface area contributed by atoms with Crippen molar-refractivity contribution in [3.8, 4) is 23.0 Å². The van der Waals surface area contributed by atoms with Crippen LogP contribution in [-0.2, 0) is 17.4 Å². The molecular formula is C34H54O5P+. The lowest BCUT2D eigenvalue weighted by Gasteiger charge is -2.30. The summed E-state index contributed by atoms with van der Waals surface area (Å²) in [7, 11) is 5.07. The van der Waals surface area contributed by atoms with E-state index in [4.69, 9.17) is 18.9 Å². The zero-order valence-electron chi connectivity index (χ0n) is 27.1. The first kappa shape index (κ1) is 33.9. The van der Waals surface area contributed by atoms with E-state index < -0.39 is 7.80 Å². The molecule has 2 aromatic rings. The molecule has 224 valence electrons. The molecule has 4 atom stereocenters. The summed E-state index contributed by atoms with van der Waals surface area (Å²) in [4.78, 5) is 0. The standard InChI is InChI=1S/C34H54O5P/c1-23(21-33(3,4)5)31(19-25-27(36-9)15-13-16-28(25)37-10)40(35)32(24(2)22-34(6,7)8)20-26-29(38-11)17-14-18-30(26)39-12/h13-18,23-24,31-32H,19-22H2,1-12H3/q+1. The molecule has 2 aromatic carbocycles. The third kappa shape index (κ3) is 9.40. The van der Waals surface area contributed by atoms with Gasteiger partial charge in [-0.2, -0.15) is 0 Å². The second kappa shape index (κ2) is 14.6. The molecule has 0 radical (unpaired) electrons. The number of ether oxygens (including phenoxy) is 4. The van der Waals surface area contributed by atoms with Gasteiger partial charge in [0.05, 0.1) is 28.4 Å². The van der Waals surface area contributed by atoms with Crippen molar-refractivity contribution in [2.24, 2.45) is 22.7 Å². The maximum Gasteiger partial charge on any atom is 0.346 e. The summed E-state index contributed by atoms with van der Waals surface area (Å²) in [5.74, 6) is 3.56. The highest BCUT2D eigenvalue weighted by molar-refractivity contribution is 7.46. The molecule has 0 aliphatic carbocycles. The molecular weight excluding hydrogens is 519 g/mol. The van der Waals surface area contributed by atoms with Crippen LogP contribution in [0.5, 0.6) is 23.0 Å². The van der Waals surface area contributed by atoms with Crippen LogP contribution in [0.1, 0.15) is 79.4 Å². The van der Waals surface area contributed by atoms with E-state index in [2.05, 4.69) is 55.4 Å². The van der Waals surface area contributed by atoms with E-state index in [0.717, 1.165) is 47.0 Å². The van der Waals surface area contributed by atoms with Gasteiger partial charge in [-0.3, -0.25) is 0 Å². The van der Waals surface area contributed by atoms with E-state index in [1.165, 1.54) is 0 Å². The highest BCUT2D eigenvalue weighted by atomic mass is 31.1. The van der Waals surface area contributed by atoms with Gasteiger partial charge < -0.3 is 18.9 Å². The summed E-state index contributed by atoms with van der Waals surface area (Å²) >= 11 is 0. The van der Waals surface area contributed by atoms with Crippen LogP contribution in [0.2, 0.25) is 0 Å². The molecule has 0 saturated carbocycles. The van der Waals surface area contributed by atoms with Gasteiger partial charge in [-0.1, -0.05) is 72.1 Å². The largest absolute Gasteiger partial charge is 0.496 e. The fourth-order valence-corrected chi connectivity index (χ4v) is 8.64. The van der Waals surface area contributed by atoms with Crippen molar-refractivity contribution < 1.29 is 23.5 Å². The summed E-state index contributed by atoms with van der Waals surface area (Å²) < 4.78 is 38.2. The van der Waals surface area contributed by atoms with Crippen LogP contribution in [0.25, 0.3) is 0 Å². The second-order valence-corrected chi connectivity index (χ2v) is 15.7. The smallest absolute Gasteiger partial charge is 0.346 e. The predicted molar refractivity (Wildman–Crippen MR) is 168 cm³/mol. The first-order valence-electron chi connectivity index (χ1n) is 14.5. The van der Waals surface area contributed by atoms with Gasteiger partial charge in [0.15, 0.2) is 11.3 Å². The molecule has 6 heteroatoms. The van der Waals surface area contributed by atoms with Gasteiger partial charge >= 0.3 is 7.80 Å². The monoisotopic (exact) mass is 573 g/mol. The average Bonchev–Trinajstić information content (AvgIpc) is 2.87. The van der Waals surface area contributed by atoms with E-state index in [0.29, 0.717) is 12.8 Å². The lowest BCUT2D eigenvalue weighted by atomic mass is 9.82. The molecule has 0 amide bonds. The van der Waals surface area contributed by atoms with Crippen LogP contribution in [0, 0.1) is 22.7 Å². The SMILES string of the molecule is COc1cccc(OC)c1CC(C(C)CC(C)(C)C)[P+](=O)C(Cc1c(OC)cccc1OC)C(C)CC(C)(C)C. The van der Waals surface area contributed by atoms with Crippen LogP contribution in [0.3, 0.4) is 0 Å². The minimum absolute atomic E-state index is 0.0625. The molecule has 4 unspecified atom stereocenters. The Morgan fingerprint density at radius 1 is 0.600 bits per heavy atom. The van der Waals surface area contributed by atoms with E-state index in [1.807, 2.05) is 36.4 Å². The first-order chi connectivity index (χ1) is 18.6. The number of benzene rings is 2. The molecule has 0 aliphatic rings. The Morgan fingerprint density at radius 2 is 0.875 bits per heavy atom. The number of hydrogen-bond acceptors (Lipinski definition) is 5. The van der Waals surface area contributed by atoms with Crippen LogP contribution in [0.15, 0.2) is 36.4 Å². The molecule has 0 saturated heterocycles. The Bertz CT molecular complexity index is 968. The number of rotatable bonds is 14. The van der Waals surface area contributed by atoms with Crippen molar-refractivity contribution >= 4 is 7.80 Å². The molecule has 0 aromatic heterocycles. The van der Waals surface area contributed by atoms with Gasteiger partial charge in [-0.25, -0.2) is 0 Å². The summed E-state index contributed by atoms with van der Waals surface area (Å²) in [6.07, 6.45) is 3.19. The molecule has 0 N–H and O–H groups in total. The number of methoxy groups -OCH3 is 4. The normalized spacial score (nSPS) is 15.6. The molecule has 0 fully saturated rings. The molecule has 0 heterocycles. The zero-order chi connectivity index (χ0) is 30.3. The molecule has 2 rings (SSSR count). The highest BCUT2D eigenvalue weighted by Crippen LogP contribution is 2.51. The van der Waals surface area contributed by atoms with Crippen LogP contribution in [-0.4, -0.2) is 39.8 Å². The van der Waals surface area contributed by atoms with E-state index >= 15 is 4.57 Å². The Hall–Kier alpha value is -2.26.